The lowest BCUT2D eigenvalue weighted by Crippen LogP contribution is -2.30. The smallest absolute Gasteiger partial charge is 0.306 e. The first-order valence-corrected chi connectivity index (χ1v) is 21.4. The molecule has 0 saturated carbocycles. The molecular weight excluding hydrogens is 612 g/mol. The SMILES string of the molecule is CCCCCCCCCCCCCCCC(=O)OC[C@@H](COC(=O)CCCCCCCCCCC(C)C)OC(=O)CCCCCCCCC. The predicted molar refractivity (Wildman–Crippen MR) is 206 cm³/mol. The summed E-state index contributed by atoms with van der Waals surface area (Å²) in [6.45, 7) is 8.91. The zero-order valence-corrected chi connectivity index (χ0v) is 33.1. The van der Waals surface area contributed by atoms with E-state index >= 15 is 0 Å². The third-order valence-electron chi connectivity index (χ3n) is 9.54. The van der Waals surface area contributed by atoms with Gasteiger partial charge < -0.3 is 14.2 Å². The Hall–Kier alpha value is -1.59. The third-order valence-corrected chi connectivity index (χ3v) is 9.54. The first kappa shape index (κ1) is 47.4. The van der Waals surface area contributed by atoms with Crippen LogP contribution in [0, 0.1) is 5.92 Å². The zero-order valence-electron chi connectivity index (χ0n) is 33.1. The van der Waals surface area contributed by atoms with E-state index in [1.165, 1.54) is 128 Å². The van der Waals surface area contributed by atoms with E-state index < -0.39 is 6.10 Å². The van der Waals surface area contributed by atoms with E-state index in [4.69, 9.17) is 14.2 Å². The Balaban J connectivity index is 4.26. The van der Waals surface area contributed by atoms with Crippen molar-refractivity contribution < 1.29 is 28.6 Å². The Labute approximate surface area is 304 Å². The number of unbranched alkanes of at least 4 members (excludes halogenated alkanes) is 25. The Morgan fingerprint density at radius 1 is 0.388 bits per heavy atom. The van der Waals surface area contributed by atoms with Crippen LogP contribution in [-0.2, 0) is 28.6 Å². The highest BCUT2D eigenvalue weighted by Gasteiger charge is 2.19. The fourth-order valence-corrected chi connectivity index (χ4v) is 6.27. The monoisotopic (exact) mass is 695 g/mol. The number of carbonyl (C=O) groups is 3. The zero-order chi connectivity index (χ0) is 36.0. The van der Waals surface area contributed by atoms with Crippen molar-refractivity contribution in [1.82, 2.24) is 0 Å². The molecule has 0 fully saturated rings. The summed E-state index contributed by atoms with van der Waals surface area (Å²) in [6, 6.07) is 0. The van der Waals surface area contributed by atoms with Gasteiger partial charge in [0.2, 0.25) is 0 Å². The Kier molecular flexibility index (Phi) is 36.4. The molecule has 0 aliphatic carbocycles. The van der Waals surface area contributed by atoms with E-state index in [9.17, 15) is 14.4 Å². The van der Waals surface area contributed by atoms with Gasteiger partial charge in [0.1, 0.15) is 13.2 Å². The molecule has 6 nitrogen and oxygen atoms in total. The molecule has 1 atom stereocenters. The Bertz CT molecular complexity index is 736. The third kappa shape index (κ3) is 37.5. The summed E-state index contributed by atoms with van der Waals surface area (Å²) in [6.07, 6.45) is 35.3. The normalized spacial score (nSPS) is 11.9. The Morgan fingerprint density at radius 3 is 1.00 bits per heavy atom. The topological polar surface area (TPSA) is 78.9 Å². The minimum Gasteiger partial charge on any atom is -0.462 e. The molecule has 0 amide bonds. The van der Waals surface area contributed by atoms with Crippen LogP contribution in [0.5, 0.6) is 0 Å². The molecule has 0 aromatic heterocycles. The lowest BCUT2D eigenvalue weighted by molar-refractivity contribution is -0.167. The molecule has 290 valence electrons. The van der Waals surface area contributed by atoms with Gasteiger partial charge in [0.05, 0.1) is 0 Å². The number of hydrogen-bond donors (Lipinski definition) is 0. The van der Waals surface area contributed by atoms with Crippen LogP contribution < -0.4 is 0 Å². The summed E-state index contributed by atoms with van der Waals surface area (Å²) in [5, 5.41) is 0. The fourth-order valence-electron chi connectivity index (χ4n) is 6.27. The average molecular weight is 695 g/mol. The van der Waals surface area contributed by atoms with Crippen LogP contribution in [0.4, 0.5) is 0 Å². The van der Waals surface area contributed by atoms with Crippen LogP contribution in [-0.4, -0.2) is 37.2 Å². The van der Waals surface area contributed by atoms with Crippen molar-refractivity contribution in [2.45, 2.75) is 239 Å². The maximum absolute atomic E-state index is 12.6. The summed E-state index contributed by atoms with van der Waals surface area (Å²) >= 11 is 0. The van der Waals surface area contributed by atoms with Crippen molar-refractivity contribution in [2.24, 2.45) is 5.92 Å². The number of hydrogen-bond acceptors (Lipinski definition) is 6. The molecule has 0 rings (SSSR count). The van der Waals surface area contributed by atoms with Gasteiger partial charge in [-0.25, -0.2) is 0 Å². The van der Waals surface area contributed by atoms with Crippen LogP contribution in [0.25, 0.3) is 0 Å². The molecule has 0 aromatic carbocycles. The van der Waals surface area contributed by atoms with Gasteiger partial charge in [-0.3, -0.25) is 14.4 Å². The van der Waals surface area contributed by atoms with Gasteiger partial charge in [-0.2, -0.15) is 0 Å². The highest BCUT2D eigenvalue weighted by atomic mass is 16.6. The molecule has 0 aliphatic rings. The first-order valence-electron chi connectivity index (χ1n) is 21.4. The van der Waals surface area contributed by atoms with Crippen molar-refractivity contribution in [1.29, 1.82) is 0 Å². The lowest BCUT2D eigenvalue weighted by Gasteiger charge is -2.18. The number of esters is 3. The van der Waals surface area contributed by atoms with Crippen LogP contribution in [0.1, 0.15) is 233 Å². The quantitative estimate of drug-likeness (QED) is 0.0364. The standard InChI is InChI=1S/C43H82O6/c1-5-7-9-11-13-14-15-16-17-18-23-26-30-34-41(44)47-37-40(49-43(46)36-32-28-21-12-10-8-6-2)38-48-42(45)35-31-27-24-20-19-22-25-29-33-39(3)4/h39-40H,5-38H2,1-4H3/t40-/m0/s1. The predicted octanol–water partition coefficient (Wildman–Crippen LogP) is 13.2. The highest BCUT2D eigenvalue weighted by Crippen LogP contribution is 2.15. The molecule has 6 heteroatoms. The van der Waals surface area contributed by atoms with Crippen molar-refractivity contribution in [2.75, 3.05) is 13.2 Å². The van der Waals surface area contributed by atoms with Crippen molar-refractivity contribution in [3.05, 3.63) is 0 Å². The van der Waals surface area contributed by atoms with Crippen molar-refractivity contribution in [3.8, 4) is 0 Å². The molecule has 0 spiro atoms. The van der Waals surface area contributed by atoms with E-state index in [-0.39, 0.29) is 31.1 Å². The van der Waals surface area contributed by atoms with Gasteiger partial charge >= 0.3 is 17.9 Å². The van der Waals surface area contributed by atoms with Crippen molar-refractivity contribution in [3.63, 3.8) is 0 Å². The van der Waals surface area contributed by atoms with E-state index in [0.717, 1.165) is 63.7 Å². The van der Waals surface area contributed by atoms with Gasteiger partial charge in [-0.05, 0) is 25.2 Å². The molecular formula is C43H82O6. The molecule has 0 unspecified atom stereocenters. The number of carbonyl (C=O) groups excluding carboxylic acids is 3. The summed E-state index contributed by atoms with van der Waals surface area (Å²) in [5.41, 5.74) is 0. The largest absolute Gasteiger partial charge is 0.462 e. The summed E-state index contributed by atoms with van der Waals surface area (Å²) < 4.78 is 16.6. The summed E-state index contributed by atoms with van der Waals surface area (Å²) in [7, 11) is 0. The minimum atomic E-state index is -0.757. The number of ether oxygens (including phenoxy) is 3. The van der Waals surface area contributed by atoms with Crippen LogP contribution in [0.3, 0.4) is 0 Å². The van der Waals surface area contributed by atoms with Gasteiger partial charge in [0.25, 0.3) is 0 Å². The average Bonchev–Trinajstić information content (AvgIpc) is 3.08. The minimum absolute atomic E-state index is 0.0650. The van der Waals surface area contributed by atoms with Gasteiger partial charge in [0, 0.05) is 19.3 Å². The van der Waals surface area contributed by atoms with Crippen molar-refractivity contribution >= 4 is 17.9 Å². The summed E-state index contributed by atoms with van der Waals surface area (Å²) in [5.74, 6) is -0.0697. The second kappa shape index (κ2) is 37.7. The lowest BCUT2D eigenvalue weighted by atomic mass is 10.0. The van der Waals surface area contributed by atoms with Crippen LogP contribution >= 0.6 is 0 Å². The fraction of sp³-hybridized carbons (Fsp3) is 0.930. The van der Waals surface area contributed by atoms with E-state index in [0.29, 0.717) is 19.3 Å². The second-order valence-corrected chi connectivity index (χ2v) is 15.1. The molecule has 0 saturated heterocycles. The molecule has 0 aliphatic heterocycles. The summed E-state index contributed by atoms with van der Waals surface area (Å²) in [4.78, 5) is 37.4. The molecule has 0 bridgehead atoms. The van der Waals surface area contributed by atoms with Gasteiger partial charge in [-0.1, -0.05) is 195 Å². The maximum atomic E-state index is 12.6. The van der Waals surface area contributed by atoms with E-state index in [1.54, 1.807) is 0 Å². The maximum Gasteiger partial charge on any atom is 0.306 e. The second-order valence-electron chi connectivity index (χ2n) is 15.1. The molecule has 0 N–H and O–H groups in total. The van der Waals surface area contributed by atoms with Crippen LogP contribution in [0.15, 0.2) is 0 Å². The van der Waals surface area contributed by atoms with E-state index in [1.807, 2.05) is 0 Å². The molecule has 49 heavy (non-hydrogen) atoms. The van der Waals surface area contributed by atoms with Crippen LogP contribution in [0.2, 0.25) is 0 Å². The van der Waals surface area contributed by atoms with Gasteiger partial charge in [0.15, 0.2) is 6.10 Å². The first-order chi connectivity index (χ1) is 23.9. The molecule has 0 aromatic rings. The van der Waals surface area contributed by atoms with Gasteiger partial charge in [-0.15, -0.1) is 0 Å². The molecule has 0 radical (unpaired) electrons. The Morgan fingerprint density at radius 2 is 0.673 bits per heavy atom. The highest BCUT2D eigenvalue weighted by molar-refractivity contribution is 5.71. The number of rotatable bonds is 38. The van der Waals surface area contributed by atoms with E-state index in [2.05, 4.69) is 27.7 Å². The molecule has 0 heterocycles.